The van der Waals surface area contributed by atoms with Crippen molar-refractivity contribution in [2.24, 2.45) is 0 Å². The molecule has 3 nitrogen and oxygen atoms in total. The molecule has 0 aliphatic rings. The van der Waals surface area contributed by atoms with E-state index < -0.39 is 17.5 Å². The molecule has 3 aromatic rings. The standard InChI is InChI=1S/C22H17ClF2N2O/c1-14(27-22(28)10-6-17-12-19(24)7-8-20(17)25)15-3-2-4-16(11-15)18-5-9-21(23)26-13-18/h2-14H,1H3,(H,27,28)/b10-6-/t14-/m0/s1. The van der Waals surface area contributed by atoms with Crippen LogP contribution in [0, 0.1) is 11.6 Å². The molecule has 0 radical (unpaired) electrons. The first-order valence-electron chi connectivity index (χ1n) is 8.58. The smallest absolute Gasteiger partial charge is 0.244 e. The van der Waals surface area contributed by atoms with E-state index in [1.165, 1.54) is 12.2 Å². The molecule has 0 fully saturated rings. The highest BCUT2D eigenvalue weighted by molar-refractivity contribution is 6.29. The molecule has 1 heterocycles. The predicted octanol–water partition coefficient (Wildman–Crippen LogP) is 5.57. The molecule has 0 aliphatic carbocycles. The number of hydrogen-bond donors (Lipinski definition) is 1. The van der Waals surface area contributed by atoms with E-state index in [4.69, 9.17) is 11.6 Å². The van der Waals surface area contributed by atoms with Crippen molar-refractivity contribution in [2.75, 3.05) is 0 Å². The number of aromatic nitrogens is 1. The van der Waals surface area contributed by atoms with Crippen LogP contribution < -0.4 is 5.32 Å². The minimum atomic E-state index is -0.595. The summed E-state index contributed by atoms with van der Waals surface area (Å²) in [6.45, 7) is 1.84. The van der Waals surface area contributed by atoms with E-state index in [2.05, 4.69) is 10.3 Å². The van der Waals surface area contributed by atoms with Gasteiger partial charge in [0.05, 0.1) is 6.04 Å². The number of halogens is 3. The Hall–Kier alpha value is -3.05. The molecule has 0 saturated carbocycles. The zero-order valence-corrected chi connectivity index (χ0v) is 15.8. The molecule has 0 spiro atoms. The van der Waals surface area contributed by atoms with E-state index >= 15 is 0 Å². The summed E-state index contributed by atoms with van der Waals surface area (Å²) in [5.41, 5.74) is 2.76. The Morgan fingerprint density at radius 1 is 1.11 bits per heavy atom. The normalized spacial score (nSPS) is 12.1. The Kier molecular flexibility index (Phi) is 6.16. The Bertz CT molecular complexity index is 1020. The van der Waals surface area contributed by atoms with Crippen molar-refractivity contribution < 1.29 is 13.6 Å². The van der Waals surface area contributed by atoms with Gasteiger partial charge in [-0.2, -0.15) is 0 Å². The van der Waals surface area contributed by atoms with Gasteiger partial charge >= 0.3 is 0 Å². The molecule has 1 atom stereocenters. The summed E-state index contributed by atoms with van der Waals surface area (Å²) >= 11 is 5.82. The fourth-order valence-electron chi connectivity index (χ4n) is 2.69. The molecule has 6 heteroatoms. The lowest BCUT2D eigenvalue weighted by Crippen LogP contribution is -2.24. The van der Waals surface area contributed by atoms with Crippen LogP contribution in [-0.4, -0.2) is 10.9 Å². The maximum Gasteiger partial charge on any atom is 0.244 e. The van der Waals surface area contributed by atoms with Gasteiger partial charge in [-0.15, -0.1) is 0 Å². The van der Waals surface area contributed by atoms with Crippen molar-refractivity contribution >= 4 is 23.6 Å². The maximum atomic E-state index is 13.6. The molecule has 0 bridgehead atoms. The van der Waals surface area contributed by atoms with Crippen molar-refractivity contribution in [3.05, 3.63) is 94.8 Å². The largest absolute Gasteiger partial charge is 0.346 e. The molecule has 142 valence electrons. The Balaban J connectivity index is 1.70. The Morgan fingerprint density at radius 2 is 1.93 bits per heavy atom. The lowest BCUT2D eigenvalue weighted by atomic mass is 10.0. The van der Waals surface area contributed by atoms with E-state index in [0.717, 1.165) is 34.9 Å². The van der Waals surface area contributed by atoms with Crippen LogP contribution in [0.4, 0.5) is 8.78 Å². The van der Waals surface area contributed by atoms with Gasteiger partial charge in [-0.05, 0) is 60.5 Å². The zero-order valence-electron chi connectivity index (χ0n) is 15.0. The Labute approximate surface area is 166 Å². The fourth-order valence-corrected chi connectivity index (χ4v) is 2.80. The highest BCUT2D eigenvalue weighted by Gasteiger charge is 2.09. The van der Waals surface area contributed by atoms with Gasteiger partial charge in [0.15, 0.2) is 0 Å². The summed E-state index contributed by atoms with van der Waals surface area (Å²) in [5.74, 6) is -1.57. The number of pyridine rings is 1. The first kappa shape index (κ1) is 19.7. The van der Waals surface area contributed by atoms with Crippen molar-refractivity contribution in [3.8, 4) is 11.1 Å². The maximum absolute atomic E-state index is 13.6. The summed E-state index contributed by atoms with van der Waals surface area (Å²) in [7, 11) is 0. The number of amides is 1. The molecular formula is C22H17ClF2N2O. The van der Waals surface area contributed by atoms with Gasteiger partial charge in [0.1, 0.15) is 16.8 Å². The van der Waals surface area contributed by atoms with Crippen molar-refractivity contribution in [3.63, 3.8) is 0 Å². The first-order chi connectivity index (χ1) is 13.4. The van der Waals surface area contributed by atoms with E-state index in [1.54, 1.807) is 12.3 Å². The van der Waals surface area contributed by atoms with Crippen molar-refractivity contribution in [1.82, 2.24) is 10.3 Å². The molecule has 1 N–H and O–H groups in total. The Morgan fingerprint density at radius 3 is 2.68 bits per heavy atom. The van der Waals surface area contributed by atoms with Gasteiger partial charge in [-0.25, -0.2) is 13.8 Å². The van der Waals surface area contributed by atoms with Crippen LogP contribution in [0.1, 0.15) is 24.1 Å². The summed E-state index contributed by atoms with van der Waals surface area (Å²) in [6, 6.07) is 14.1. The van der Waals surface area contributed by atoms with E-state index in [0.29, 0.717) is 5.15 Å². The van der Waals surface area contributed by atoms with E-state index in [1.807, 2.05) is 37.3 Å². The van der Waals surface area contributed by atoms with E-state index in [9.17, 15) is 13.6 Å². The highest BCUT2D eigenvalue weighted by atomic mass is 35.5. The SMILES string of the molecule is C[C@H](NC(=O)/C=C\c1cc(F)ccc1F)c1cccc(-c2ccc(Cl)nc2)c1. The first-order valence-corrected chi connectivity index (χ1v) is 8.95. The summed E-state index contributed by atoms with van der Waals surface area (Å²) in [6.07, 6.45) is 4.11. The zero-order chi connectivity index (χ0) is 20.1. The van der Waals surface area contributed by atoms with Crippen LogP contribution in [-0.2, 0) is 4.79 Å². The minimum Gasteiger partial charge on any atom is -0.346 e. The summed E-state index contributed by atoms with van der Waals surface area (Å²) in [4.78, 5) is 16.2. The quantitative estimate of drug-likeness (QED) is 0.451. The van der Waals surface area contributed by atoms with Gasteiger partial charge in [0, 0.05) is 23.4 Å². The molecule has 1 amide bonds. The average molecular weight is 399 g/mol. The second kappa shape index (κ2) is 8.76. The lowest BCUT2D eigenvalue weighted by molar-refractivity contribution is -0.117. The number of hydrogen-bond acceptors (Lipinski definition) is 2. The van der Waals surface area contributed by atoms with Gasteiger partial charge < -0.3 is 5.32 Å². The van der Waals surface area contributed by atoms with Crippen molar-refractivity contribution in [1.29, 1.82) is 0 Å². The molecule has 0 unspecified atom stereocenters. The van der Waals surface area contributed by atoms with Crippen molar-refractivity contribution in [2.45, 2.75) is 13.0 Å². The molecule has 1 aromatic heterocycles. The molecule has 3 rings (SSSR count). The number of benzene rings is 2. The molecule has 2 aromatic carbocycles. The predicted molar refractivity (Wildman–Crippen MR) is 107 cm³/mol. The summed E-state index contributed by atoms with van der Waals surface area (Å²) in [5, 5.41) is 3.23. The third-order valence-electron chi connectivity index (χ3n) is 4.18. The van der Waals surface area contributed by atoms with Gasteiger partial charge in [-0.3, -0.25) is 4.79 Å². The van der Waals surface area contributed by atoms with Crippen LogP contribution in [0.5, 0.6) is 0 Å². The summed E-state index contributed by atoms with van der Waals surface area (Å²) < 4.78 is 26.8. The topological polar surface area (TPSA) is 42.0 Å². The highest BCUT2D eigenvalue weighted by Crippen LogP contribution is 2.23. The second-order valence-electron chi connectivity index (χ2n) is 6.22. The van der Waals surface area contributed by atoms with Gasteiger partial charge in [-0.1, -0.05) is 29.8 Å². The third-order valence-corrected chi connectivity index (χ3v) is 4.40. The van der Waals surface area contributed by atoms with Crippen LogP contribution in [0.3, 0.4) is 0 Å². The molecule has 0 saturated heterocycles. The van der Waals surface area contributed by atoms with Gasteiger partial charge in [0.2, 0.25) is 5.91 Å². The van der Waals surface area contributed by atoms with Crippen LogP contribution in [0.2, 0.25) is 5.15 Å². The number of carbonyl (C=O) groups is 1. The van der Waals surface area contributed by atoms with Crippen LogP contribution in [0.25, 0.3) is 17.2 Å². The van der Waals surface area contributed by atoms with Crippen LogP contribution in [0.15, 0.2) is 66.9 Å². The number of carbonyl (C=O) groups excluding carboxylic acids is 1. The van der Waals surface area contributed by atoms with Crippen LogP contribution >= 0.6 is 11.6 Å². The molecule has 0 aliphatic heterocycles. The average Bonchev–Trinajstić information content (AvgIpc) is 2.69. The lowest BCUT2D eigenvalue weighted by Gasteiger charge is -2.14. The number of rotatable bonds is 5. The second-order valence-corrected chi connectivity index (χ2v) is 6.61. The van der Waals surface area contributed by atoms with Gasteiger partial charge in [0.25, 0.3) is 0 Å². The molecular weight excluding hydrogens is 382 g/mol. The molecule has 28 heavy (non-hydrogen) atoms. The monoisotopic (exact) mass is 398 g/mol. The number of nitrogens with one attached hydrogen (secondary N) is 1. The van der Waals surface area contributed by atoms with E-state index in [-0.39, 0.29) is 11.6 Å². The fraction of sp³-hybridized carbons (Fsp3) is 0.0909. The third kappa shape index (κ3) is 5.02. The minimum absolute atomic E-state index is 0.0139. The number of nitrogens with zero attached hydrogens (tertiary/aromatic N) is 1.